The van der Waals surface area contributed by atoms with E-state index in [4.69, 9.17) is 37.0 Å². The molecule has 104 heavy (non-hydrogen) atoms. The molecule has 17 nitrogen and oxygen atoms in total. The van der Waals surface area contributed by atoms with Gasteiger partial charge in [-0.25, -0.2) is 9.13 Å². The van der Waals surface area contributed by atoms with Crippen LogP contribution in [0.5, 0.6) is 0 Å². The Kier molecular flexibility index (Phi) is 75.0. The smallest absolute Gasteiger partial charge is 0.462 e. The molecule has 0 aromatic rings. The minimum absolute atomic E-state index is 0.107. The molecular formula is C85H166O17P2. The second-order valence-electron chi connectivity index (χ2n) is 31.5. The molecule has 618 valence electrons. The van der Waals surface area contributed by atoms with E-state index >= 15 is 0 Å². The lowest BCUT2D eigenvalue weighted by Crippen LogP contribution is -2.30. The van der Waals surface area contributed by atoms with Crippen molar-refractivity contribution in [1.29, 1.82) is 0 Å². The highest BCUT2D eigenvalue weighted by Crippen LogP contribution is 2.45. The first-order valence-electron chi connectivity index (χ1n) is 44.0. The third-order valence-corrected chi connectivity index (χ3v) is 21.9. The van der Waals surface area contributed by atoms with Crippen molar-refractivity contribution in [2.24, 2.45) is 11.8 Å². The monoisotopic (exact) mass is 1520 g/mol. The third-order valence-electron chi connectivity index (χ3n) is 20.0. The Balaban J connectivity index is 5.16. The summed E-state index contributed by atoms with van der Waals surface area (Å²) in [6.07, 6.45) is 68.3. The SMILES string of the molecule is CCCCCCCCCCCCCCCCCCCCCCCCC(=O)O[C@H](COC(=O)CCCCCCCCCCCCCCCCCC(C)C)COP(=O)(O)OC[C@@H](O)COP(=O)(O)OC[C@@H](COC(=O)CCCCCCCCC)OC(=O)CCCCCCCCCCCCCCCCC(C)C. The Labute approximate surface area is 638 Å². The Hall–Kier alpha value is -1.94. The van der Waals surface area contributed by atoms with Crippen LogP contribution in [-0.2, 0) is 65.4 Å². The van der Waals surface area contributed by atoms with Crippen molar-refractivity contribution >= 4 is 39.5 Å². The molecule has 0 heterocycles. The van der Waals surface area contributed by atoms with Crippen molar-refractivity contribution in [2.45, 2.75) is 471 Å². The van der Waals surface area contributed by atoms with Gasteiger partial charge in [-0.2, -0.15) is 0 Å². The van der Waals surface area contributed by atoms with E-state index in [1.165, 1.54) is 257 Å². The summed E-state index contributed by atoms with van der Waals surface area (Å²) >= 11 is 0. The predicted octanol–water partition coefficient (Wildman–Crippen LogP) is 25.8. The molecule has 0 aromatic heterocycles. The lowest BCUT2D eigenvalue weighted by atomic mass is 10.0. The highest BCUT2D eigenvalue weighted by Gasteiger charge is 2.30. The number of ether oxygens (including phenoxy) is 4. The van der Waals surface area contributed by atoms with E-state index in [1.54, 1.807) is 0 Å². The molecule has 0 radical (unpaired) electrons. The fourth-order valence-corrected chi connectivity index (χ4v) is 14.8. The van der Waals surface area contributed by atoms with Crippen molar-refractivity contribution in [3.8, 4) is 0 Å². The van der Waals surface area contributed by atoms with Crippen molar-refractivity contribution < 1.29 is 80.2 Å². The molecule has 0 amide bonds. The van der Waals surface area contributed by atoms with Crippen LogP contribution in [0.25, 0.3) is 0 Å². The fourth-order valence-electron chi connectivity index (χ4n) is 13.2. The van der Waals surface area contributed by atoms with Gasteiger partial charge in [-0.3, -0.25) is 37.3 Å². The van der Waals surface area contributed by atoms with Gasteiger partial charge in [0.15, 0.2) is 12.2 Å². The first kappa shape index (κ1) is 102. The van der Waals surface area contributed by atoms with Gasteiger partial charge < -0.3 is 33.8 Å². The first-order valence-corrected chi connectivity index (χ1v) is 47.0. The third kappa shape index (κ3) is 78.2. The average molecular weight is 1520 g/mol. The highest BCUT2D eigenvalue weighted by atomic mass is 31.2. The molecule has 0 spiro atoms. The van der Waals surface area contributed by atoms with Crippen LogP contribution >= 0.6 is 15.6 Å². The lowest BCUT2D eigenvalue weighted by molar-refractivity contribution is -0.161. The van der Waals surface area contributed by atoms with Crippen LogP contribution in [0.1, 0.15) is 452 Å². The molecule has 3 N–H and O–H groups in total. The van der Waals surface area contributed by atoms with Crippen LogP contribution in [0.3, 0.4) is 0 Å². The number of phosphoric acid groups is 2. The number of rotatable bonds is 84. The van der Waals surface area contributed by atoms with Crippen molar-refractivity contribution in [3.63, 3.8) is 0 Å². The molecular weight excluding hydrogens is 1350 g/mol. The summed E-state index contributed by atoms with van der Waals surface area (Å²) in [6, 6.07) is 0. The molecule has 0 aliphatic heterocycles. The summed E-state index contributed by atoms with van der Waals surface area (Å²) < 4.78 is 68.7. The molecule has 2 unspecified atom stereocenters. The van der Waals surface area contributed by atoms with Gasteiger partial charge in [-0.15, -0.1) is 0 Å². The zero-order chi connectivity index (χ0) is 76.4. The van der Waals surface area contributed by atoms with Crippen LogP contribution in [0.15, 0.2) is 0 Å². The number of aliphatic hydroxyl groups excluding tert-OH is 1. The molecule has 0 saturated heterocycles. The van der Waals surface area contributed by atoms with Gasteiger partial charge in [-0.05, 0) is 37.5 Å². The number of unbranched alkanes of at least 4 members (excludes halogenated alkanes) is 54. The largest absolute Gasteiger partial charge is 0.472 e. The second kappa shape index (κ2) is 76.4. The van der Waals surface area contributed by atoms with Gasteiger partial charge >= 0.3 is 39.5 Å². The molecule has 0 saturated carbocycles. The number of hydrogen-bond donors (Lipinski definition) is 3. The Bertz CT molecular complexity index is 1990. The van der Waals surface area contributed by atoms with Crippen molar-refractivity contribution in [3.05, 3.63) is 0 Å². The summed E-state index contributed by atoms with van der Waals surface area (Å²) in [5, 5.41) is 10.6. The molecule has 0 bridgehead atoms. The van der Waals surface area contributed by atoms with Gasteiger partial charge in [-0.1, -0.05) is 401 Å². The van der Waals surface area contributed by atoms with Crippen LogP contribution in [0.2, 0.25) is 0 Å². The number of esters is 4. The molecule has 0 rings (SSSR count). The molecule has 0 aliphatic carbocycles. The summed E-state index contributed by atoms with van der Waals surface area (Å²) in [7, 11) is -9.92. The van der Waals surface area contributed by atoms with E-state index in [-0.39, 0.29) is 25.7 Å². The van der Waals surface area contributed by atoms with E-state index in [9.17, 15) is 43.2 Å². The zero-order valence-corrected chi connectivity index (χ0v) is 70.1. The van der Waals surface area contributed by atoms with Gasteiger partial charge in [0.1, 0.15) is 19.3 Å². The van der Waals surface area contributed by atoms with Gasteiger partial charge in [0.05, 0.1) is 26.4 Å². The molecule has 0 fully saturated rings. The van der Waals surface area contributed by atoms with Gasteiger partial charge in [0.25, 0.3) is 0 Å². The standard InChI is InChI=1S/C85H166O17P2/c1-7-9-11-13-15-16-17-18-19-20-21-22-23-24-25-28-35-40-45-51-57-63-70-85(90)102-81(74-96-83(88)68-62-56-50-44-39-34-29-26-27-32-37-42-48-53-59-65-77(3)4)76-100-104(93,94)98-72-79(86)71-97-103(91,92)99-75-80(73-95-82(87)67-61-55-47-14-12-10-8-2)101-84(89)69-64-58-52-46-41-36-31-30-33-38-43-49-54-60-66-78(5)6/h77-81,86H,7-76H2,1-6H3,(H,91,92)(H,93,94)/t79-,80+,81+/m0/s1. The van der Waals surface area contributed by atoms with Crippen LogP contribution < -0.4 is 0 Å². The minimum Gasteiger partial charge on any atom is -0.462 e. The van der Waals surface area contributed by atoms with Crippen LogP contribution in [0.4, 0.5) is 0 Å². The minimum atomic E-state index is -4.96. The fraction of sp³-hybridized carbons (Fsp3) is 0.953. The highest BCUT2D eigenvalue weighted by molar-refractivity contribution is 7.47. The van der Waals surface area contributed by atoms with E-state index in [0.29, 0.717) is 25.7 Å². The average Bonchev–Trinajstić information content (AvgIpc) is 0.906. The van der Waals surface area contributed by atoms with Gasteiger partial charge in [0.2, 0.25) is 0 Å². The summed E-state index contributed by atoms with van der Waals surface area (Å²) in [4.78, 5) is 73.0. The number of aliphatic hydroxyl groups is 1. The maximum atomic E-state index is 13.1. The van der Waals surface area contributed by atoms with Crippen molar-refractivity contribution in [2.75, 3.05) is 39.6 Å². The number of carbonyl (C=O) groups is 4. The Morgan fingerprint density at radius 3 is 0.654 bits per heavy atom. The lowest BCUT2D eigenvalue weighted by Gasteiger charge is -2.21. The molecule has 0 aliphatic rings. The summed E-state index contributed by atoms with van der Waals surface area (Å²) in [5.74, 6) is -0.507. The van der Waals surface area contributed by atoms with E-state index < -0.39 is 97.5 Å². The van der Waals surface area contributed by atoms with Crippen LogP contribution in [0, 0.1) is 11.8 Å². The quantitative estimate of drug-likeness (QED) is 0.0222. The topological polar surface area (TPSA) is 237 Å². The predicted molar refractivity (Wildman–Crippen MR) is 428 cm³/mol. The van der Waals surface area contributed by atoms with Crippen molar-refractivity contribution in [1.82, 2.24) is 0 Å². The molecule has 19 heteroatoms. The van der Waals surface area contributed by atoms with Crippen LogP contribution in [-0.4, -0.2) is 96.7 Å². The Morgan fingerprint density at radius 1 is 0.260 bits per heavy atom. The normalized spacial score (nSPS) is 13.8. The number of carbonyl (C=O) groups excluding carboxylic acids is 4. The van der Waals surface area contributed by atoms with E-state index in [2.05, 4.69) is 41.5 Å². The maximum Gasteiger partial charge on any atom is 0.472 e. The Morgan fingerprint density at radius 2 is 0.442 bits per heavy atom. The van der Waals surface area contributed by atoms with Gasteiger partial charge in [0, 0.05) is 25.7 Å². The molecule has 5 atom stereocenters. The molecule has 0 aromatic carbocycles. The summed E-state index contributed by atoms with van der Waals surface area (Å²) in [6.45, 7) is 9.67. The second-order valence-corrected chi connectivity index (χ2v) is 34.4. The first-order chi connectivity index (χ1) is 50.4. The van der Waals surface area contributed by atoms with E-state index in [1.807, 2.05) is 0 Å². The zero-order valence-electron chi connectivity index (χ0n) is 68.3. The number of hydrogen-bond acceptors (Lipinski definition) is 15. The van der Waals surface area contributed by atoms with E-state index in [0.717, 1.165) is 115 Å². The summed E-state index contributed by atoms with van der Waals surface area (Å²) in [5.41, 5.74) is 0. The maximum absolute atomic E-state index is 13.1. The number of phosphoric ester groups is 2.